The SMILES string of the molecule is CCN1CCN(c2ccc(C(=O)N3CCC(c4ccc(Oc5ccc(C(F)(F)F)nn5)cc4)CC3)cc2NS(=O)(=O)Cc2ccccc2Cl)CC1. The van der Waals surface area contributed by atoms with Crippen molar-refractivity contribution in [3.05, 3.63) is 106 Å². The normalized spacial score (nSPS) is 16.3. The van der Waals surface area contributed by atoms with E-state index in [1.807, 2.05) is 18.2 Å². The molecule has 1 aromatic heterocycles. The summed E-state index contributed by atoms with van der Waals surface area (Å²) < 4.78 is 73.5. The van der Waals surface area contributed by atoms with Gasteiger partial charge in [0.05, 0.1) is 17.1 Å². The second kappa shape index (κ2) is 15.5. The molecular weight excluding hydrogens is 705 g/mol. The van der Waals surface area contributed by atoms with E-state index >= 15 is 0 Å². The molecule has 1 N–H and O–H groups in total. The van der Waals surface area contributed by atoms with Crippen LogP contribution in [0.2, 0.25) is 5.02 Å². The van der Waals surface area contributed by atoms with Crippen LogP contribution in [0.1, 0.15) is 52.9 Å². The molecule has 51 heavy (non-hydrogen) atoms. The maximum atomic E-state index is 13.8. The number of sulfonamides is 1. The van der Waals surface area contributed by atoms with Gasteiger partial charge in [-0.15, -0.1) is 10.2 Å². The zero-order valence-corrected chi connectivity index (χ0v) is 29.5. The number of carbonyl (C=O) groups is 1. The number of benzene rings is 3. The molecule has 3 heterocycles. The molecule has 2 aliphatic rings. The van der Waals surface area contributed by atoms with Gasteiger partial charge in [0.15, 0.2) is 5.69 Å². The molecule has 0 saturated carbocycles. The van der Waals surface area contributed by atoms with Gasteiger partial charge in [-0.1, -0.05) is 48.9 Å². The molecule has 270 valence electrons. The molecule has 10 nitrogen and oxygen atoms in total. The summed E-state index contributed by atoms with van der Waals surface area (Å²) in [6, 6.07) is 21.2. The molecule has 0 unspecified atom stereocenters. The lowest BCUT2D eigenvalue weighted by Gasteiger charge is -2.36. The predicted octanol–water partition coefficient (Wildman–Crippen LogP) is 7.04. The number of ether oxygens (including phenoxy) is 1. The largest absolute Gasteiger partial charge is 0.438 e. The van der Waals surface area contributed by atoms with E-state index in [2.05, 4.69) is 31.6 Å². The fraction of sp³-hybridized carbons (Fsp3) is 0.361. The Labute approximate surface area is 300 Å². The standard InChI is InChI=1S/C36H38ClF3N6O4S/c1-2-44-19-21-45(22-20-44)32-12-9-27(23-31(32)43-51(48,49)24-28-5-3-4-6-30(28)37)35(47)46-17-15-26(16-18-46)25-7-10-29(11-8-25)50-34-14-13-33(41-42-34)36(38,39)40/h3-14,23,26,43H,2,15-22,24H2,1H3. The highest BCUT2D eigenvalue weighted by molar-refractivity contribution is 7.91. The van der Waals surface area contributed by atoms with Crippen LogP contribution in [0, 0.1) is 0 Å². The van der Waals surface area contributed by atoms with Crippen molar-refractivity contribution in [3.63, 3.8) is 0 Å². The van der Waals surface area contributed by atoms with Gasteiger partial charge in [0.25, 0.3) is 5.91 Å². The summed E-state index contributed by atoms with van der Waals surface area (Å²) in [5, 5.41) is 7.05. The van der Waals surface area contributed by atoms with E-state index in [1.165, 1.54) is 0 Å². The molecule has 2 fully saturated rings. The molecule has 0 atom stereocenters. The van der Waals surface area contributed by atoms with Crippen molar-refractivity contribution in [3.8, 4) is 11.6 Å². The zero-order valence-electron chi connectivity index (χ0n) is 27.9. The first-order chi connectivity index (χ1) is 24.4. The Morgan fingerprint density at radius 3 is 2.25 bits per heavy atom. The number of hydrogen-bond donors (Lipinski definition) is 1. The van der Waals surface area contributed by atoms with Crippen molar-refractivity contribution >= 4 is 38.9 Å². The van der Waals surface area contributed by atoms with E-state index < -0.39 is 21.9 Å². The summed E-state index contributed by atoms with van der Waals surface area (Å²) in [5.74, 6) is 0.0622. The number of hydrogen-bond acceptors (Lipinski definition) is 8. The zero-order chi connectivity index (χ0) is 36.2. The first-order valence-corrected chi connectivity index (χ1v) is 18.7. The number of nitrogens with zero attached hydrogens (tertiary/aromatic N) is 5. The minimum Gasteiger partial charge on any atom is -0.438 e. The first-order valence-electron chi connectivity index (χ1n) is 16.7. The van der Waals surface area contributed by atoms with Crippen LogP contribution in [-0.4, -0.2) is 80.1 Å². The molecule has 0 bridgehead atoms. The highest BCUT2D eigenvalue weighted by atomic mass is 35.5. The van der Waals surface area contributed by atoms with Crippen molar-refractivity contribution < 1.29 is 31.1 Å². The number of alkyl halides is 3. The third-order valence-electron chi connectivity index (χ3n) is 9.26. The van der Waals surface area contributed by atoms with Gasteiger partial charge in [0.2, 0.25) is 15.9 Å². The lowest BCUT2D eigenvalue weighted by Crippen LogP contribution is -2.46. The summed E-state index contributed by atoms with van der Waals surface area (Å²) >= 11 is 6.27. The molecule has 1 amide bonds. The van der Waals surface area contributed by atoms with Crippen LogP contribution in [0.4, 0.5) is 24.5 Å². The molecule has 2 aliphatic heterocycles. The second-order valence-electron chi connectivity index (χ2n) is 12.6. The van der Waals surface area contributed by atoms with E-state index in [-0.39, 0.29) is 23.5 Å². The number of amides is 1. The molecule has 0 aliphatic carbocycles. The third kappa shape index (κ3) is 9.10. The molecule has 0 radical (unpaired) electrons. The average Bonchev–Trinajstić information content (AvgIpc) is 3.12. The number of carbonyl (C=O) groups excluding carboxylic acids is 1. The number of piperazine rings is 1. The van der Waals surface area contributed by atoms with Crippen molar-refractivity contribution in [1.82, 2.24) is 20.0 Å². The Morgan fingerprint density at radius 1 is 0.922 bits per heavy atom. The molecule has 0 spiro atoms. The van der Waals surface area contributed by atoms with Gasteiger partial charge in [-0.05, 0) is 78.9 Å². The average molecular weight is 743 g/mol. The Bertz CT molecular complexity index is 1930. The fourth-order valence-corrected chi connectivity index (χ4v) is 7.92. The number of piperidine rings is 1. The number of nitrogens with one attached hydrogen (secondary N) is 1. The maximum Gasteiger partial charge on any atom is 0.435 e. The number of likely N-dealkylation sites (N-methyl/N-ethyl adjacent to an activating group) is 1. The van der Waals surface area contributed by atoms with Crippen molar-refractivity contribution in [2.45, 2.75) is 37.6 Å². The maximum absolute atomic E-state index is 13.8. The highest BCUT2D eigenvalue weighted by Crippen LogP contribution is 2.34. The Hall–Kier alpha value is -4.40. The Kier molecular flexibility index (Phi) is 11.0. The van der Waals surface area contributed by atoms with Gasteiger partial charge in [-0.25, -0.2) is 8.42 Å². The van der Waals surface area contributed by atoms with E-state index in [0.29, 0.717) is 53.5 Å². The fourth-order valence-electron chi connectivity index (χ4n) is 6.41. The Balaban J connectivity index is 1.12. The molecule has 15 heteroatoms. The quantitative estimate of drug-likeness (QED) is 0.184. The molecule has 6 rings (SSSR count). The number of rotatable bonds is 10. The van der Waals surface area contributed by atoms with Crippen molar-refractivity contribution in [2.75, 3.05) is 55.4 Å². The van der Waals surface area contributed by atoms with Crippen LogP contribution in [0.5, 0.6) is 11.6 Å². The number of halogens is 4. The number of anilines is 2. The van der Waals surface area contributed by atoms with Crippen molar-refractivity contribution in [1.29, 1.82) is 0 Å². The lowest BCUT2D eigenvalue weighted by atomic mass is 9.89. The minimum absolute atomic E-state index is 0.0498. The van der Waals surface area contributed by atoms with E-state index in [4.69, 9.17) is 16.3 Å². The van der Waals surface area contributed by atoms with Gasteiger partial charge in [-0.3, -0.25) is 9.52 Å². The van der Waals surface area contributed by atoms with Gasteiger partial charge < -0.3 is 19.4 Å². The van der Waals surface area contributed by atoms with Gasteiger partial charge in [0, 0.05) is 55.9 Å². The first kappa shape index (κ1) is 36.4. The van der Waals surface area contributed by atoms with Crippen LogP contribution < -0.4 is 14.4 Å². The summed E-state index contributed by atoms with van der Waals surface area (Å²) in [7, 11) is -3.87. The number of aromatic nitrogens is 2. The summed E-state index contributed by atoms with van der Waals surface area (Å²) in [5.41, 5.74) is 1.92. The van der Waals surface area contributed by atoms with Gasteiger partial charge in [0.1, 0.15) is 5.75 Å². The molecule has 4 aromatic rings. The van der Waals surface area contributed by atoms with Crippen LogP contribution in [0.25, 0.3) is 0 Å². The summed E-state index contributed by atoms with van der Waals surface area (Å²) in [4.78, 5) is 20.0. The summed E-state index contributed by atoms with van der Waals surface area (Å²) in [6.07, 6.45) is -3.15. The van der Waals surface area contributed by atoms with Crippen molar-refractivity contribution in [2.24, 2.45) is 0 Å². The predicted molar refractivity (Wildman–Crippen MR) is 190 cm³/mol. The smallest absolute Gasteiger partial charge is 0.435 e. The molecule has 2 saturated heterocycles. The lowest BCUT2D eigenvalue weighted by molar-refractivity contribution is -0.141. The monoisotopic (exact) mass is 742 g/mol. The van der Waals surface area contributed by atoms with Gasteiger partial charge in [-0.2, -0.15) is 13.2 Å². The molecular formula is C36H38ClF3N6O4S. The molecule has 3 aromatic carbocycles. The third-order valence-corrected chi connectivity index (χ3v) is 10.8. The van der Waals surface area contributed by atoms with E-state index in [0.717, 1.165) is 56.1 Å². The van der Waals surface area contributed by atoms with Crippen LogP contribution in [-0.2, 0) is 22.0 Å². The van der Waals surface area contributed by atoms with E-state index in [9.17, 15) is 26.4 Å². The van der Waals surface area contributed by atoms with Crippen LogP contribution in [0.3, 0.4) is 0 Å². The summed E-state index contributed by atoms with van der Waals surface area (Å²) in [6.45, 7) is 7.23. The Morgan fingerprint density at radius 2 is 1.63 bits per heavy atom. The minimum atomic E-state index is -4.58. The van der Waals surface area contributed by atoms with E-state index in [1.54, 1.807) is 53.4 Å². The topological polar surface area (TPSA) is 108 Å². The second-order valence-corrected chi connectivity index (χ2v) is 14.7. The van der Waals surface area contributed by atoms with Crippen LogP contribution >= 0.6 is 11.6 Å². The highest BCUT2D eigenvalue weighted by Gasteiger charge is 2.33. The van der Waals surface area contributed by atoms with Crippen LogP contribution in [0.15, 0.2) is 78.9 Å². The number of likely N-dealkylation sites (tertiary alicyclic amines) is 1. The van der Waals surface area contributed by atoms with Gasteiger partial charge >= 0.3 is 6.18 Å².